The average Bonchev–Trinajstić information content (AvgIpc) is 2.40. The Bertz CT molecular complexity index is 427. The molecule has 0 aliphatic heterocycles. The minimum Gasteiger partial charge on any atom is -0.313 e. The Morgan fingerprint density at radius 1 is 1.30 bits per heavy atom. The largest absolute Gasteiger partial charge is 0.313 e. The van der Waals surface area contributed by atoms with Gasteiger partial charge in [-0.3, -0.25) is 0 Å². The van der Waals surface area contributed by atoms with E-state index >= 15 is 0 Å². The number of rotatable bonds is 5. The van der Waals surface area contributed by atoms with Crippen LogP contribution in [-0.2, 0) is 0 Å². The van der Waals surface area contributed by atoms with Crippen molar-refractivity contribution in [3.63, 3.8) is 0 Å². The van der Waals surface area contributed by atoms with Gasteiger partial charge in [0.05, 0.1) is 0 Å². The third kappa shape index (κ3) is 4.26. The molecule has 1 aromatic rings. The van der Waals surface area contributed by atoms with E-state index in [-0.39, 0.29) is 0 Å². The standard InChI is InChI=1S/C18H29NS/c1-5-12-19-15-10-11-18(3,4)13-17(15)20-16-9-7-6-8-14(16)2/h6-9,15,17,19H,5,10-13H2,1-4H3. The molecule has 0 bridgehead atoms. The first-order valence-electron chi connectivity index (χ1n) is 7.97. The van der Waals surface area contributed by atoms with Gasteiger partial charge in [-0.25, -0.2) is 0 Å². The van der Waals surface area contributed by atoms with E-state index in [1.807, 2.05) is 0 Å². The molecule has 2 rings (SSSR count). The molecule has 2 heteroatoms. The maximum absolute atomic E-state index is 3.78. The van der Waals surface area contributed by atoms with Gasteiger partial charge >= 0.3 is 0 Å². The summed E-state index contributed by atoms with van der Waals surface area (Å²) >= 11 is 2.09. The van der Waals surface area contributed by atoms with Gasteiger partial charge in [0.1, 0.15) is 0 Å². The van der Waals surface area contributed by atoms with E-state index in [0.29, 0.717) is 16.7 Å². The summed E-state index contributed by atoms with van der Waals surface area (Å²) in [4.78, 5) is 1.46. The Hall–Kier alpha value is -0.470. The van der Waals surface area contributed by atoms with E-state index in [9.17, 15) is 0 Å². The van der Waals surface area contributed by atoms with Gasteiger partial charge in [0.2, 0.25) is 0 Å². The monoisotopic (exact) mass is 291 g/mol. The number of thioether (sulfide) groups is 1. The van der Waals surface area contributed by atoms with Crippen LogP contribution in [0.2, 0.25) is 0 Å². The molecular weight excluding hydrogens is 262 g/mol. The maximum atomic E-state index is 3.78. The zero-order valence-electron chi connectivity index (χ0n) is 13.4. The SMILES string of the molecule is CCCNC1CCC(C)(C)CC1Sc1ccccc1C. The fourth-order valence-corrected chi connectivity index (χ4v) is 4.73. The number of hydrogen-bond donors (Lipinski definition) is 1. The fourth-order valence-electron chi connectivity index (χ4n) is 3.06. The molecular formula is C18H29NS. The molecule has 1 saturated carbocycles. The summed E-state index contributed by atoms with van der Waals surface area (Å²) in [7, 11) is 0. The van der Waals surface area contributed by atoms with Crippen LogP contribution in [0.1, 0.15) is 52.0 Å². The average molecular weight is 292 g/mol. The predicted octanol–water partition coefficient (Wildman–Crippen LogP) is 5.03. The van der Waals surface area contributed by atoms with Crippen molar-refractivity contribution in [1.82, 2.24) is 5.32 Å². The zero-order chi connectivity index (χ0) is 14.6. The molecule has 1 N–H and O–H groups in total. The van der Waals surface area contributed by atoms with Gasteiger partial charge in [0.15, 0.2) is 0 Å². The summed E-state index contributed by atoms with van der Waals surface area (Å²) in [6.45, 7) is 10.5. The molecule has 0 radical (unpaired) electrons. The zero-order valence-corrected chi connectivity index (χ0v) is 14.2. The number of benzene rings is 1. The molecule has 112 valence electrons. The first-order chi connectivity index (χ1) is 9.52. The van der Waals surface area contributed by atoms with Gasteiger partial charge < -0.3 is 5.32 Å². The van der Waals surface area contributed by atoms with Crippen LogP contribution >= 0.6 is 11.8 Å². The highest BCUT2D eigenvalue weighted by molar-refractivity contribution is 8.00. The van der Waals surface area contributed by atoms with Crippen molar-refractivity contribution in [2.45, 2.75) is 69.6 Å². The highest BCUT2D eigenvalue weighted by Crippen LogP contribution is 2.43. The minimum absolute atomic E-state index is 0.491. The summed E-state index contributed by atoms with van der Waals surface area (Å²) in [6.07, 6.45) is 5.20. The van der Waals surface area contributed by atoms with Crippen LogP contribution in [0.15, 0.2) is 29.2 Å². The molecule has 0 heterocycles. The Morgan fingerprint density at radius 2 is 2.05 bits per heavy atom. The van der Waals surface area contributed by atoms with Crippen molar-refractivity contribution < 1.29 is 0 Å². The van der Waals surface area contributed by atoms with E-state index in [2.05, 4.69) is 69.0 Å². The molecule has 1 fully saturated rings. The summed E-state index contributed by atoms with van der Waals surface area (Å²) < 4.78 is 0. The molecule has 0 aromatic heterocycles. The fraction of sp³-hybridized carbons (Fsp3) is 0.667. The highest BCUT2D eigenvalue weighted by Gasteiger charge is 2.35. The molecule has 1 aliphatic carbocycles. The van der Waals surface area contributed by atoms with Crippen LogP contribution in [0, 0.1) is 12.3 Å². The second-order valence-corrected chi connectivity index (χ2v) is 8.17. The van der Waals surface area contributed by atoms with E-state index < -0.39 is 0 Å². The Balaban J connectivity index is 2.08. The molecule has 0 amide bonds. The minimum atomic E-state index is 0.491. The number of nitrogens with one attached hydrogen (secondary N) is 1. The summed E-state index contributed by atoms with van der Waals surface area (Å²) in [5.41, 5.74) is 1.90. The van der Waals surface area contributed by atoms with Crippen LogP contribution in [0.4, 0.5) is 0 Å². The predicted molar refractivity (Wildman–Crippen MR) is 90.5 cm³/mol. The van der Waals surface area contributed by atoms with Crippen molar-refractivity contribution in [1.29, 1.82) is 0 Å². The van der Waals surface area contributed by atoms with Crippen molar-refractivity contribution in [3.8, 4) is 0 Å². The van der Waals surface area contributed by atoms with Crippen LogP contribution in [0.5, 0.6) is 0 Å². The lowest BCUT2D eigenvalue weighted by atomic mass is 9.75. The molecule has 0 spiro atoms. The number of hydrogen-bond acceptors (Lipinski definition) is 2. The molecule has 0 saturated heterocycles. The van der Waals surface area contributed by atoms with Gasteiger partial charge in [-0.15, -0.1) is 11.8 Å². The van der Waals surface area contributed by atoms with E-state index in [1.54, 1.807) is 0 Å². The summed E-state index contributed by atoms with van der Waals surface area (Å²) in [5, 5.41) is 4.48. The van der Waals surface area contributed by atoms with E-state index in [1.165, 1.54) is 36.1 Å². The second-order valence-electron chi connectivity index (χ2n) is 6.89. The van der Waals surface area contributed by atoms with E-state index in [0.717, 1.165) is 6.54 Å². The van der Waals surface area contributed by atoms with Crippen LogP contribution in [0.3, 0.4) is 0 Å². The molecule has 1 nitrogen and oxygen atoms in total. The van der Waals surface area contributed by atoms with Gasteiger partial charge in [-0.2, -0.15) is 0 Å². The lowest BCUT2D eigenvalue weighted by Gasteiger charge is -2.41. The van der Waals surface area contributed by atoms with Gasteiger partial charge in [0, 0.05) is 16.2 Å². The van der Waals surface area contributed by atoms with Crippen molar-refractivity contribution in [2.24, 2.45) is 5.41 Å². The van der Waals surface area contributed by atoms with Gasteiger partial charge in [0.25, 0.3) is 0 Å². The highest BCUT2D eigenvalue weighted by atomic mass is 32.2. The molecule has 2 unspecified atom stereocenters. The smallest absolute Gasteiger partial charge is 0.0253 e. The third-order valence-corrected chi connectivity index (χ3v) is 5.87. The third-order valence-electron chi connectivity index (χ3n) is 4.36. The normalized spacial score (nSPS) is 25.6. The Kier molecular flexibility index (Phi) is 5.57. The van der Waals surface area contributed by atoms with Crippen molar-refractivity contribution in [2.75, 3.05) is 6.54 Å². The lowest BCUT2D eigenvalue weighted by molar-refractivity contribution is 0.214. The van der Waals surface area contributed by atoms with Crippen molar-refractivity contribution >= 4 is 11.8 Å². The first-order valence-corrected chi connectivity index (χ1v) is 8.85. The molecule has 2 atom stereocenters. The van der Waals surface area contributed by atoms with E-state index in [4.69, 9.17) is 0 Å². The summed E-state index contributed by atoms with van der Waals surface area (Å²) in [6, 6.07) is 9.48. The topological polar surface area (TPSA) is 12.0 Å². The first kappa shape index (κ1) is 15.9. The Labute approximate surface area is 128 Å². The Morgan fingerprint density at radius 3 is 2.75 bits per heavy atom. The van der Waals surface area contributed by atoms with Crippen LogP contribution in [0.25, 0.3) is 0 Å². The van der Waals surface area contributed by atoms with Gasteiger partial charge in [-0.05, 0) is 56.2 Å². The van der Waals surface area contributed by atoms with Gasteiger partial charge in [-0.1, -0.05) is 39.0 Å². The summed E-state index contributed by atoms with van der Waals surface area (Å²) in [5.74, 6) is 0. The second kappa shape index (κ2) is 7.00. The quantitative estimate of drug-likeness (QED) is 0.816. The van der Waals surface area contributed by atoms with Crippen molar-refractivity contribution in [3.05, 3.63) is 29.8 Å². The molecule has 1 aliphatic rings. The number of aryl methyl sites for hydroxylation is 1. The van der Waals surface area contributed by atoms with Crippen LogP contribution in [-0.4, -0.2) is 17.8 Å². The molecule has 1 aromatic carbocycles. The molecule has 20 heavy (non-hydrogen) atoms. The lowest BCUT2D eigenvalue weighted by Crippen LogP contribution is -2.45. The van der Waals surface area contributed by atoms with Crippen LogP contribution < -0.4 is 5.32 Å². The maximum Gasteiger partial charge on any atom is 0.0253 e.